The second kappa shape index (κ2) is 26.0. The molecular weight excluding hydrogens is 1030 g/mol. The number of nitrogens with zero attached hydrogens (tertiary/aromatic N) is 8. The van der Waals surface area contributed by atoms with Gasteiger partial charge in [-0.05, 0) is 109 Å². The van der Waals surface area contributed by atoms with Gasteiger partial charge in [0.15, 0.2) is 5.75 Å². The molecule has 0 aliphatic rings. The molecule has 0 bridgehead atoms. The molecule has 7 aromatic carbocycles. The second-order valence-corrected chi connectivity index (χ2v) is 17.0. The van der Waals surface area contributed by atoms with E-state index in [1.54, 1.807) is 68.6 Å². The second-order valence-electron chi connectivity index (χ2n) is 14.8. The number of ether oxygens (including phenoxy) is 4. The van der Waals surface area contributed by atoms with Gasteiger partial charge in [0.25, 0.3) is 10.1 Å². The van der Waals surface area contributed by atoms with Crippen molar-refractivity contribution in [3.05, 3.63) is 132 Å². The Morgan fingerprint density at radius 1 is 0.500 bits per heavy atom. The van der Waals surface area contributed by atoms with E-state index in [-0.39, 0.29) is 27.7 Å². The fourth-order valence-corrected chi connectivity index (χ4v) is 7.20. The Morgan fingerprint density at radius 2 is 0.946 bits per heavy atom. The molecule has 7 rings (SSSR count). The molecule has 0 spiro atoms. The maximum absolute atomic E-state index is 11.8. The van der Waals surface area contributed by atoms with Gasteiger partial charge in [-0.25, -0.2) is 0 Å². The molecule has 0 aliphatic carbocycles. The van der Waals surface area contributed by atoms with Crippen LogP contribution in [0.5, 0.6) is 28.7 Å². The van der Waals surface area contributed by atoms with Crippen molar-refractivity contribution in [2.45, 2.75) is 25.3 Å². The number of nitrogens with one attached hydrogen (secondary N) is 1. The first-order valence-corrected chi connectivity index (χ1v) is 24.4. The van der Waals surface area contributed by atoms with Gasteiger partial charge in [0.05, 0.1) is 52.1 Å². The lowest BCUT2D eigenvalue weighted by atomic mass is 10.1. The number of rotatable bonds is 16. The van der Waals surface area contributed by atoms with Gasteiger partial charge in [-0.3, -0.25) is 4.55 Å². The van der Waals surface area contributed by atoms with Crippen LogP contribution in [0.1, 0.15) is 16.7 Å². The molecule has 0 heterocycles. The van der Waals surface area contributed by atoms with E-state index in [9.17, 15) is 23.2 Å². The number of fused-ring (bicyclic) bond motifs is 1. The lowest BCUT2D eigenvalue weighted by molar-refractivity contribution is 0.282. The van der Waals surface area contributed by atoms with Crippen LogP contribution in [0.15, 0.2) is 161 Å². The third-order valence-corrected chi connectivity index (χ3v) is 11.0. The number of aryl methyl sites for hydroxylation is 2. The summed E-state index contributed by atoms with van der Waals surface area (Å²) in [5.74, 6) is 1.66. The lowest BCUT2D eigenvalue weighted by Crippen LogP contribution is -1.97. The molecule has 0 fully saturated rings. The van der Waals surface area contributed by atoms with Crippen molar-refractivity contribution >= 4 is 99.0 Å². The molecule has 74 heavy (non-hydrogen) atoms. The molecular formula is C47H43N9O15S3. The minimum absolute atomic E-state index is 0.0323. The van der Waals surface area contributed by atoms with Crippen LogP contribution in [0.4, 0.5) is 56.9 Å². The minimum atomic E-state index is -4.51. The zero-order valence-electron chi connectivity index (χ0n) is 39.7. The smallest absolute Gasteiger partial charge is 0.425 e. The first-order valence-electron chi connectivity index (χ1n) is 20.9. The highest BCUT2D eigenvalue weighted by Crippen LogP contribution is 2.43. The van der Waals surface area contributed by atoms with E-state index in [2.05, 4.69) is 46.2 Å². The van der Waals surface area contributed by atoms with Crippen molar-refractivity contribution in [3.8, 4) is 28.7 Å². The van der Waals surface area contributed by atoms with E-state index in [4.69, 9.17) is 44.2 Å². The van der Waals surface area contributed by atoms with Gasteiger partial charge in [0.2, 0.25) is 0 Å². The highest BCUT2D eigenvalue weighted by atomic mass is 32.2. The van der Waals surface area contributed by atoms with Gasteiger partial charge in [-0.1, -0.05) is 18.2 Å². The summed E-state index contributed by atoms with van der Waals surface area (Å²) < 4.78 is 106. The molecule has 0 radical (unpaired) electrons. The van der Waals surface area contributed by atoms with Gasteiger partial charge < -0.3 is 34.5 Å². The van der Waals surface area contributed by atoms with Crippen LogP contribution in [0.3, 0.4) is 0 Å². The van der Waals surface area contributed by atoms with Gasteiger partial charge in [0.1, 0.15) is 56.3 Å². The maximum atomic E-state index is 11.8. The Morgan fingerprint density at radius 3 is 1.45 bits per heavy atom. The average Bonchev–Trinajstić information content (AvgIpc) is 3.36. The number of methoxy groups -OCH3 is 4. The zero-order valence-corrected chi connectivity index (χ0v) is 42.2. The van der Waals surface area contributed by atoms with Crippen LogP contribution in [-0.4, -0.2) is 76.9 Å². The zero-order chi connectivity index (χ0) is 54.1. The number of aliphatic hydroxyl groups is 1. The van der Waals surface area contributed by atoms with Crippen LogP contribution < -0.4 is 24.3 Å². The number of phenols is 1. The number of phenolic OH excluding ortho intramolecular Hbond substituents is 1. The predicted octanol–water partition coefficient (Wildman–Crippen LogP) is 11.3. The van der Waals surface area contributed by atoms with Gasteiger partial charge in [-0.15, -0.1) is 55.9 Å². The molecule has 0 atom stereocenters. The van der Waals surface area contributed by atoms with E-state index >= 15 is 0 Å². The van der Waals surface area contributed by atoms with E-state index in [1.807, 2.05) is 49.4 Å². The monoisotopic (exact) mass is 1070 g/mol. The Kier molecular flexibility index (Phi) is 19.7. The first kappa shape index (κ1) is 56.0. The SMILES string of the molecule is COc1ccc(Nc2ccc3c(O)c(N=Nc4cc(CO)c(N=Nc5cc(C)c(N=Nc6cc(C)c(N=Nc7ccccc7S(=O)(=O)O)cc6OC)cc5OC)cc4OC)ccc3c2)cc1.O=S(=O)=O.O=S(=O)=O. The molecule has 7 aromatic rings. The van der Waals surface area contributed by atoms with Crippen molar-refractivity contribution in [2.75, 3.05) is 33.8 Å². The molecule has 0 saturated carbocycles. The largest absolute Gasteiger partial charge is 0.505 e. The number of aromatic hydroxyl groups is 1. The summed E-state index contributed by atoms with van der Waals surface area (Å²) in [5.41, 5.74) is 5.80. The van der Waals surface area contributed by atoms with Gasteiger partial charge in [-0.2, -0.15) is 18.6 Å². The Bertz CT molecular complexity index is 3630. The van der Waals surface area contributed by atoms with E-state index in [0.29, 0.717) is 67.8 Å². The van der Waals surface area contributed by atoms with Crippen LogP contribution in [0, 0.1) is 13.8 Å². The van der Waals surface area contributed by atoms with E-state index in [1.165, 1.54) is 39.5 Å². The summed E-state index contributed by atoms with van der Waals surface area (Å²) in [6, 6.07) is 32.1. The van der Waals surface area contributed by atoms with Crippen molar-refractivity contribution < 1.29 is 67.4 Å². The first-order chi connectivity index (χ1) is 35.3. The maximum Gasteiger partial charge on any atom is 0.425 e. The summed E-state index contributed by atoms with van der Waals surface area (Å²) in [6.07, 6.45) is 0. The fraction of sp³-hybridized carbons (Fsp3) is 0.149. The van der Waals surface area contributed by atoms with E-state index in [0.717, 1.165) is 22.5 Å². The third kappa shape index (κ3) is 15.3. The molecule has 27 heteroatoms. The quantitative estimate of drug-likeness (QED) is 0.0516. The number of benzene rings is 7. The molecule has 0 aliphatic heterocycles. The summed E-state index contributed by atoms with van der Waals surface area (Å²) in [4.78, 5) is -0.373. The Labute approximate surface area is 425 Å². The normalized spacial score (nSPS) is 11.3. The molecule has 0 aromatic heterocycles. The highest BCUT2D eigenvalue weighted by Gasteiger charge is 2.17. The van der Waals surface area contributed by atoms with Crippen molar-refractivity contribution in [2.24, 2.45) is 40.9 Å². The average molecular weight is 1070 g/mol. The number of hydrogen-bond donors (Lipinski definition) is 4. The predicted molar refractivity (Wildman–Crippen MR) is 269 cm³/mol. The van der Waals surface area contributed by atoms with Crippen LogP contribution in [0.2, 0.25) is 0 Å². The molecule has 24 nitrogen and oxygen atoms in total. The Balaban J connectivity index is 0.00000118. The van der Waals surface area contributed by atoms with Crippen LogP contribution >= 0.6 is 0 Å². The standard InChI is InChI=1S/C47H43N9O9S.2O3S/c1-27-19-40(43(63-4)23-37(27)51-49-35-9-7-8-10-46(35)66(59,60)61)54-52-38-24-44(64-5)41(20-28(38)2)55-53-39-25-45(65-6)42(22-30(39)26-57)56-50-36-18-11-29-21-32(14-17-34(29)47(36)58)48-31-12-15-33(62-3)16-13-31;2*1-4(2)3/h7-25,48,57-58H,26H2,1-6H3,(H,59,60,61);;. The van der Waals surface area contributed by atoms with Gasteiger partial charge >= 0.3 is 21.2 Å². The molecule has 4 N–H and O–H groups in total. The number of aliphatic hydroxyl groups excluding tert-OH is 1. The Hall–Kier alpha value is -8.89. The molecule has 0 saturated heterocycles. The topological polar surface area (TPSA) is 345 Å². The molecule has 0 unspecified atom stereocenters. The summed E-state index contributed by atoms with van der Waals surface area (Å²) >= 11 is 0. The van der Waals surface area contributed by atoms with Crippen molar-refractivity contribution in [1.29, 1.82) is 0 Å². The fourth-order valence-electron chi connectivity index (χ4n) is 6.58. The highest BCUT2D eigenvalue weighted by molar-refractivity contribution is 7.86. The minimum Gasteiger partial charge on any atom is -0.505 e. The van der Waals surface area contributed by atoms with Crippen LogP contribution in [0.25, 0.3) is 10.8 Å². The summed E-state index contributed by atoms with van der Waals surface area (Å²) in [6.45, 7) is 3.18. The number of hydrogen-bond acceptors (Lipinski definition) is 23. The van der Waals surface area contributed by atoms with E-state index < -0.39 is 37.9 Å². The molecule has 384 valence electrons. The van der Waals surface area contributed by atoms with Crippen molar-refractivity contribution in [1.82, 2.24) is 0 Å². The third-order valence-electron chi connectivity index (χ3n) is 10.1. The number of azo groups is 4. The summed E-state index contributed by atoms with van der Waals surface area (Å²) in [7, 11) is -4.72. The number of anilines is 2. The lowest BCUT2D eigenvalue weighted by Gasteiger charge is -2.11. The summed E-state index contributed by atoms with van der Waals surface area (Å²) in [5, 5.41) is 60.9. The van der Waals surface area contributed by atoms with Gasteiger partial charge in [0, 0.05) is 40.5 Å². The van der Waals surface area contributed by atoms with Crippen molar-refractivity contribution in [3.63, 3.8) is 0 Å². The van der Waals surface area contributed by atoms with Crippen LogP contribution in [-0.2, 0) is 37.9 Å². The molecule has 0 amide bonds.